The van der Waals surface area contributed by atoms with Crippen molar-refractivity contribution in [3.63, 3.8) is 0 Å². The van der Waals surface area contributed by atoms with Crippen molar-refractivity contribution in [2.24, 2.45) is 7.05 Å². The van der Waals surface area contributed by atoms with Crippen molar-refractivity contribution in [1.29, 1.82) is 0 Å². The van der Waals surface area contributed by atoms with Crippen molar-refractivity contribution in [2.75, 3.05) is 23.7 Å². The zero-order valence-corrected chi connectivity index (χ0v) is 18.9. The average molecular weight is 441 g/mol. The summed E-state index contributed by atoms with van der Waals surface area (Å²) in [6.07, 6.45) is 5.86. The van der Waals surface area contributed by atoms with E-state index in [1.165, 1.54) is 5.56 Å². The number of aromatic nitrogens is 3. The van der Waals surface area contributed by atoms with Crippen molar-refractivity contribution in [2.45, 2.75) is 25.7 Å². The van der Waals surface area contributed by atoms with E-state index >= 15 is 0 Å². The summed E-state index contributed by atoms with van der Waals surface area (Å²) < 4.78 is 1.57. The Morgan fingerprint density at radius 1 is 1.00 bits per heavy atom. The number of piperidine rings is 1. The fraction of sp³-hybridized carbons (Fsp3) is 0.269. The molecule has 7 nitrogen and oxygen atoms in total. The quantitative estimate of drug-likeness (QED) is 0.421. The zero-order chi connectivity index (χ0) is 22.8. The van der Waals surface area contributed by atoms with Gasteiger partial charge in [-0.05, 0) is 91.7 Å². The van der Waals surface area contributed by atoms with Crippen LogP contribution in [-0.4, -0.2) is 27.6 Å². The third-order valence-corrected chi connectivity index (χ3v) is 6.22. The van der Waals surface area contributed by atoms with Crippen LogP contribution < -0.4 is 21.5 Å². The summed E-state index contributed by atoms with van der Waals surface area (Å²) in [5, 5.41) is 11.5. The average Bonchev–Trinajstić information content (AvgIpc) is 2.82. The van der Waals surface area contributed by atoms with Crippen LogP contribution in [0.1, 0.15) is 29.9 Å². The first-order chi connectivity index (χ1) is 16.1. The molecular weight excluding hydrogens is 412 g/mol. The van der Waals surface area contributed by atoms with Crippen LogP contribution in [-0.2, 0) is 7.05 Å². The molecule has 0 amide bonds. The first-order valence-corrected chi connectivity index (χ1v) is 11.3. The highest BCUT2D eigenvalue weighted by Gasteiger charge is 2.16. The normalized spacial score (nSPS) is 14.4. The second kappa shape index (κ2) is 9.03. The van der Waals surface area contributed by atoms with Gasteiger partial charge in [0.15, 0.2) is 0 Å². The highest BCUT2D eigenvalue weighted by molar-refractivity contribution is 5.94. The Kier molecular flexibility index (Phi) is 5.79. The van der Waals surface area contributed by atoms with Gasteiger partial charge in [0.2, 0.25) is 0 Å². The Balaban J connectivity index is 1.50. The lowest BCUT2D eigenvalue weighted by molar-refractivity contribution is 0.460. The molecular formula is C26H28N6O. The molecule has 168 valence electrons. The number of pyridine rings is 3. The number of nitrogens with one attached hydrogen (secondary N) is 3. The van der Waals surface area contributed by atoms with Gasteiger partial charge in [-0.15, -0.1) is 0 Å². The number of fused-ring (bicyclic) bond motifs is 1. The van der Waals surface area contributed by atoms with E-state index in [-0.39, 0.29) is 5.56 Å². The maximum Gasteiger partial charge on any atom is 0.261 e. The summed E-state index contributed by atoms with van der Waals surface area (Å²) >= 11 is 0. The third-order valence-electron chi connectivity index (χ3n) is 6.22. The van der Waals surface area contributed by atoms with Crippen LogP contribution in [0, 0.1) is 6.92 Å². The van der Waals surface area contributed by atoms with E-state index in [4.69, 9.17) is 4.98 Å². The van der Waals surface area contributed by atoms with Crippen LogP contribution in [0.4, 0.5) is 23.1 Å². The Morgan fingerprint density at radius 2 is 1.79 bits per heavy atom. The van der Waals surface area contributed by atoms with Crippen molar-refractivity contribution < 1.29 is 0 Å². The Bertz CT molecular complexity index is 1340. The van der Waals surface area contributed by atoms with Crippen LogP contribution in [0.3, 0.4) is 0 Å². The molecule has 4 aromatic rings. The smallest absolute Gasteiger partial charge is 0.261 e. The standard InChI is InChI=1S/C26H28N6O/c1-17-7-13-28-22(15-17)30-23-16-20-10-14-32(2)26(33)24(20)25(31-23)29-21-5-3-18(4-6-21)19-8-11-27-12-9-19/h3-7,10,13-16,19,27H,8-9,11-12H2,1-2H3,(H2,28,29,30,31). The van der Waals surface area contributed by atoms with Crippen molar-refractivity contribution in [3.05, 3.63) is 82.4 Å². The zero-order valence-electron chi connectivity index (χ0n) is 18.9. The summed E-state index contributed by atoms with van der Waals surface area (Å²) in [5.41, 5.74) is 3.28. The minimum absolute atomic E-state index is 0.0888. The minimum atomic E-state index is -0.0888. The van der Waals surface area contributed by atoms with Gasteiger partial charge >= 0.3 is 0 Å². The molecule has 33 heavy (non-hydrogen) atoms. The van der Waals surface area contributed by atoms with Crippen molar-refractivity contribution in [1.82, 2.24) is 19.9 Å². The predicted molar refractivity (Wildman–Crippen MR) is 134 cm³/mol. The molecule has 0 unspecified atom stereocenters. The van der Waals surface area contributed by atoms with Crippen LogP contribution in [0.25, 0.3) is 10.8 Å². The molecule has 0 radical (unpaired) electrons. The molecule has 3 N–H and O–H groups in total. The summed E-state index contributed by atoms with van der Waals surface area (Å²) in [6, 6.07) is 16.2. The van der Waals surface area contributed by atoms with E-state index in [1.807, 2.05) is 31.2 Å². The molecule has 1 aliphatic heterocycles. The molecule has 0 spiro atoms. The maximum atomic E-state index is 13.0. The molecule has 5 rings (SSSR count). The topological polar surface area (TPSA) is 83.9 Å². The summed E-state index contributed by atoms with van der Waals surface area (Å²) in [6.45, 7) is 4.16. The number of rotatable bonds is 5. The Labute approximate surface area is 192 Å². The molecule has 1 aromatic carbocycles. The number of hydrogen-bond acceptors (Lipinski definition) is 6. The molecule has 7 heteroatoms. The van der Waals surface area contributed by atoms with E-state index in [0.717, 1.165) is 42.6 Å². The molecule has 0 bridgehead atoms. The number of benzene rings is 1. The van der Waals surface area contributed by atoms with E-state index in [1.54, 1.807) is 24.0 Å². The van der Waals surface area contributed by atoms with Gasteiger partial charge in [-0.3, -0.25) is 4.79 Å². The third kappa shape index (κ3) is 4.59. The second-order valence-electron chi connectivity index (χ2n) is 8.67. The lowest BCUT2D eigenvalue weighted by atomic mass is 9.90. The van der Waals surface area contributed by atoms with Gasteiger partial charge in [-0.1, -0.05) is 12.1 Å². The molecule has 0 aliphatic carbocycles. The van der Waals surface area contributed by atoms with Crippen LogP contribution >= 0.6 is 0 Å². The lowest BCUT2D eigenvalue weighted by Gasteiger charge is -2.23. The van der Waals surface area contributed by atoms with Gasteiger partial charge in [0.25, 0.3) is 5.56 Å². The molecule has 1 saturated heterocycles. The number of hydrogen-bond donors (Lipinski definition) is 3. The minimum Gasteiger partial charge on any atom is -0.339 e. The van der Waals surface area contributed by atoms with Gasteiger partial charge in [-0.2, -0.15) is 0 Å². The first-order valence-electron chi connectivity index (χ1n) is 11.3. The van der Waals surface area contributed by atoms with Crippen molar-refractivity contribution >= 4 is 33.9 Å². The fourth-order valence-corrected chi connectivity index (χ4v) is 4.38. The highest BCUT2D eigenvalue weighted by Crippen LogP contribution is 2.29. The van der Waals surface area contributed by atoms with E-state index in [9.17, 15) is 4.79 Å². The highest BCUT2D eigenvalue weighted by atomic mass is 16.1. The number of nitrogens with zero attached hydrogens (tertiary/aromatic N) is 3. The second-order valence-corrected chi connectivity index (χ2v) is 8.67. The number of aryl methyl sites for hydroxylation is 2. The fourth-order valence-electron chi connectivity index (χ4n) is 4.38. The van der Waals surface area contributed by atoms with Crippen LogP contribution in [0.2, 0.25) is 0 Å². The maximum absolute atomic E-state index is 13.0. The largest absolute Gasteiger partial charge is 0.339 e. The van der Waals surface area contributed by atoms with Gasteiger partial charge in [0.05, 0.1) is 5.39 Å². The monoisotopic (exact) mass is 440 g/mol. The SMILES string of the molecule is Cc1ccnc(Nc2cc3ccn(C)c(=O)c3c(Nc3ccc(C4CCNCC4)cc3)n2)c1. The molecule has 0 saturated carbocycles. The van der Waals surface area contributed by atoms with Gasteiger partial charge in [0, 0.05) is 25.1 Å². The van der Waals surface area contributed by atoms with Crippen LogP contribution in [0.15, 0.2) is 65.7 Å². The molecule has 1 fully saturated rings. The van der Waals surface area contributed by atoms with Crippen LogP contribution in [0.5, 0.6) is 0 Å². The molecule has 3 aromatic heterocycles. The number of anilines is 4. The van der Waals surface area contributed by atoms with Crippen molar-refractivity contribution in [3.8, 4) is 0 Å². The summed E-state index contributed by atoms with van der Waals surface area (Å²) in [5.74, 6) is 2.46. The summed E-state index contributed by atoms with van der Waals surface area (Å²) in [7, 11) is 1.75. The van der Waals surface area contributed by atoms with E-state index in [2.05, 4.69) is 45.2 Å². The lowest BCUT2D eigenvalue weighted by Crippen LogP contribution is -2.26. The molecule has 0 atom stereocenters. The molecule has 1 aliphatic rings. The van der Waals surface area contributed by atoms with Gasteiger partial charge in [0.1, 0.15) is 17.5 Å². The van der Waals surface area contributed by atoms with Gasteiger partial charge < -0.3 is 20.5 Å². The summed E-state index contributed by atoms with van der Waals surface area (Å²) in [4.78, 5) is 22.1. The van der Waals surface area contributed by atoms with Gasteiger partial charge in [-0.25, -0.2) is 9.97 Å². The first kappa shape index (κ1) is 21.2. The molecule has 4 heterocycles. The predicted octanol–water partition coefficient (Wildman–Crippen LogP) is 4.59. The van der Waals surface area contributed by atoms with E-state index in [0.29, 0.717) is 28.8 Å². The Morgan fingerprint density at radius 3 is 2.55 bits per heavy atom. The Hall–Kier alpha value is -3.71. The van der Waals surface area contributed by atoms with E-state index < -0.39 is 0 Å².